The van der Waals surface area contributed by atoms with Crippen LogP contribution in [-0.4, -0.2) is 23.6 Å². The third-order valence-electron chi connectivity index (χ3n) is 3.08. The first-order chi connectivity index (χ1) is 7.60. The van der Waals surface area contributed by atoms with Crippen molar-refractivity contribution in [2.45, 2.75) is 20.3 Å². The second-order valence-electron chi connectivity index (χ2n) is 4.66. The summed E-state index contributed by atoms with van der Waals surface area (Å²) in [4.78, 5) is 10.6. The van der Waals surface area contributed by atoms with Crippen LogP contribution in [0.25, 0.3) is 0 Å². The predicted octanol–water partition coefficient (Wildman–Crippen LogP) is 1.75. The van der Waals surface area contributed by atoms with Crippen molar-refractivity contribution in [2.24, 2.45) is 11.8 Å². The van der Waals surface area contributed by atoms with Crippen LogP contribution < -0.4 is 4.90 Å². The first-order valence-corrected chi connectivity index (χ1v) is 5.57. The Morgan fingerprint density at radius 2 is 2.25 bits per heavy atom. The number of nitrogens with zero attached hydrogens (tertiary/aromatic N) is 4. The van der Waals surface area contributed by atoms with Gasteiger partial charge >= 0.3 is 0 Å². The first kappa shape index (κ1) is 10.9. The highest BCUT2D eigenvalue weighted by molar-refractivity contribution is 5.35. The fraction of sp³-hybridized carbons (Fsp3) is 0.583. The zero-order chi connectivity index (χ0) is 11.7. The molecule has 1 aliphatic rings. The standard InChI is InChI=1S/C12H16N4/c1-8-4-10(8)7-16(3)12-14-9(2)5-11(6-13)15-12/h5,8,10H,4,7H2,1-3H3. The number of aryl methyl sites for hydroxylation is 1. The molecule has 0 aromatic carbocycles. The van der Waals surface area contributed by atoms with Crippen LogP contribution in [0.4, 0.5) is 5.95 Å². The molecule has 2 unspecified atom stereocenters. The molecule has 84 valence electrons. The van der Waals surface area contributed by atoms with Gasteiger partial charge in [-0.05, 0) is 31.2 Å². The number of hydrogen-bond acceptors (Lipinski definition) is 4. The Balaban J connectivity index is 2.13. The average Bonchev–Trinajstić information content (AvgIpc) is 2.93. The van der Waals surface area contributed by atoms with Crippen LogP contribution in [0.5, 0.6) is 0 Å². The van der Waals surface area contributed by atoms with Crippen LogP contribution >= 0.6 is 0 Å². The van der Waals surface area contributed by atoms with E-state index in [0.29, 0.717) is 11.6 Å². The summed E-state index contributed by atoms with van der Waals surface area (Å²) in [5.41, 5.74) is 1.29. The zero-order valence-corrected chi connectivity index (χ0v) is 9.94. The molecule has 0 radical (unpaired) electrons. The average molecular weight is 216 g/mol. The van der Waals surface area contributed by atoms with Gasteiger partial charge in [-0.1, -0.05) is 6.92 Å². The largest absolute Gasteiger partial charge is 0.344 e. The van der Waals surface area contributed by atoms with Gasteiger partial charge < -0.3 is 4.90 Å². The quantitative estimate of drug-likeness (QED) is 0.772. The maximum Gasteiger partial charge on any atom is 0.226 e. The monoisotopic (exact) mass is 216 g/mol. The van der Waals surface area contributed by atoms with Crippen LogP contribution in [0.1, 0.15) is 24.7 Å². The second-order valence-corrected chi connectivity index (χ2v) is 4.66. The van der Waals surface area contributed by atoms with Crippen molar-refractivity contribution in [1.82, 2.24) is 9.97 Å². The minimum absolute atomic E-state index is 0.443. The van der Waals surface area contributed by atoms with Crippen LogP contribution in [0.2, 0.25) is 0 Å². The molecule has 1 saturated carbocycles. The van der Waals surface area contributed by atoms with Gasteiger partial charge in [-0.15, -0.1) is 0 Å². The normalized spacial score (nSPS) is 22.6. The van der Waals surface area contributed by atoms with Gasteiger partial charge in [-0.2, -0.15) is 5.26 Å². The molecule has 2 atom stereocenters. The van der Waals surface area contributed by atoms with E-state index in [4.69, 9.17) is 5.26 Å². The van der Waals surface area contributed by atoms with Gasteiger partial charge in [0, 0.05) is 19.3 Å². The van der Waals surface area contributed by atoms with Crippen molar-refractivity contribution in [2.75, 3.05) is 18.5 Å². The summed E-state index contributed by atoms with van der Waals surface area (Å²) < 4.78 is 0. The van der Waals surface area contributed by atoms with Gasteiger partial charge in [0.15, 0.2) is 0 Å². The number of anilines is 1. The Bertz CT molecular complexity index is 435. The Morgan fingerprint density at radius 3 is 2.81 bits per heavy atom. The van der Waals surface area contributed by atoms with Crippen LogP contribution in [0.15, 0.2) is 6.07 Å². The molecule has 0 aliphatic heterocycles. The van der Waals surface area contributed by atoms with E-state index in [2.05, 4.69) is 23.0 Å². The maximum atomic E-state index is 8.85. The maximum absolute atomic E-state index is 8.85. The summed E-state index contributed by atoms with van der Waals surface area (Å²) in [6.07, 6.45) is 1.29. The van der Waals surface area contributed by atoms with Gasteiger partial charge in [-0.3, -0.25) is 0 Å². The molecular formula is C12H16N4. The Morgan fingerprint density at radius 1 is 1.56 bits per heavy atom. The fourth-order valence-corrected chi connectivity index (χ4v) is 1.87. The molecule has 0 N–H and O–H groups in total. The molecule has 0 amide bonds. The molecule has 1 aromatic rings. The van der Waals surface area contributed by atoms with Crippen molar-refractivity contribution in [1.29, 1.82) is 5.26 Å². The third-order valence-corrected chi connectivity index (χ3v) is 3.08. The molecule has 1 fully saturated rings. The van der Waals surface area contributed by atoms with Crippen LogP contribution in [0, 0.1) is 30.1 Å². The fourth-order valence-electron chi connectivity index (χ4n) is 1.87. The van der Waals surface area contributed by atoms with Gasteiger partial charge in [0.25, 0.3) is 0 Å². The lowest BCUT2D eigenvalue weighted by molar-refractivity contribution is 0.710. The summed E-state index contributed by atoms with van der Waals surface area (Å²) >= 11 is 0. The van der Waals surface area contributed by atoms with Gasteiger partial charge in [-0.25, -0.2) is 9.97 Å². The van der Waals surface area contributed by atoms with Crippen molar-refractivity contribution in [3.8, 4) is 6.07 Å². The number of nitriles is 1. The van der Waals surface area contributed by atoms with E-state index in [1.54, 1.807) is 6.07 Å². The molecule has 4 heteroatoms. The SMILES string of the molecule is Cc1cc(C#N)nc(N(C)CC2CC2C)n1. The van der Waals surface area contributed by atoms with E-state index in [9.17, 15) is 0 Å². The minimum atomic E-state index is 0.443. The summed E-state index contributed by atoms with van der Waals surface area (Å²) in [5, 5.41) is 8.85. The topological polar surface area (TPSA) is 52.8 Å². The zero-order valence-electron chi connectivity index (χ0n) is 9.94. The Hall–Kier alpha value is -1.63. The van der Waals surface area contributed by atoms with E-state index in [0.717, 1.165) is 24.1 Å². The molecule has 1 heterocycles. The number of rotatable bonds is 3. The Kier molecular flexibility index (Phi) is 2.78. The molecule has 1 aromatic heterocycles. The van der Waals surface area contributed by atoms with E-state index < -0.39 is 0 Å². The molecule has 16 heavy (non-hydrogen) atoms. The highest BCUT2D eigenvalue weighted by Gasteiger charge is 2.33. The number of hydrogen-bond donors (Lipinski definition) is 0. The summed E-state index contributed by atoms with van der Waals surface area (Å²) in [6, 6.07) is 3.77. The molecule has 1 aliphatic carbocycles. The van der Waals surface area contributed by atoms with Crippen LogP contribution in [0.3, 0.4) is 0 Å². The molecule has 2 rings (SSSR count). The van der Waals surface area contributed by atoms with Crippen LogP contribution in [-0.2, 0) is 0 Å². The van der Waals surface area contributed by atoms with E-state index in [-0.39, 0.29) is 0 Å². The first-order valence-electron chi connectivity index (χ1n) is 5.57. The lowest BCUT2D eigenvalue weighted by Crippen LogP contribution is -2.23. The van der Waals surface area contributed by atoms with Gasteiger partial charge in [0.05, 0.1) is 0 Å². The van der Waals surface area contributed by atoms with Gasteiger partial charge in [0.1, 0.15) is 11.8 Å². The van der Waals surface area contributed by atoms with E-state index in [1.807, 2.05) is 18.9 Å². The van der Waals surface area contributed by atoms with Crippen molar-refractivity contribution in [3.63, 3.8) is 0 Å². The smallest absolute Gasteiger partial charge is 0.226 e. The van der Waals surface area contributed by atoms with Crippen molar-refractivity contribution < 1.29 is 0 Å². The molecule has 0 saturated heterocycles. The van der Waals surface area contributed by atoms with Crippen molar-refractivity contribution in [3.05, 3.63) is 17.5 Å². The summed E-state index contributed by atoms with van der Waals surface area (Å²) in [5.74, 6) is 2.25. The predicted molar refractivity (Wildman–Crippen MR) is 62.0 cm³/mol. The highest BCUT2D eigenvalue weighted by Crippen LogP contribution is 2.38. The molecule has 0 bridgehead atoms. The second kappa shape index (κ2) is 4.09. The lowest BCUT2D eigenvalue weighted by Gasteiger charge is -2.17. The molecule has 4 nitrogen and oxygen atoms in total. The molecular weight excluding hydrogens is 200 g/mol. The van der Waals surface area contributed by atoms with Crippen molar-refractivity contribution >= 4 is 5.95 Å². The lowest BCUT2D eigenvalue weighted by atomic mass is 10.3. The Labute approximate surface area is 95.9 Å². The highest BCUT2D eigenvalue weighted by atomic mass is 15.2. The van der Waals surface area contributed by atoms with Gasteiger partial charge in [0.2, 0.25) is 5.95 Å². The summed E-state index contributed by atoms with van der Waals surface area (Å²) in [7, 11) is 1.99. The summed E-state index contributed by atoms with van der Waals surface area (Å²) in [6.45, 7) is 5.13. The third kappa shape index (κ3) is 2.30. The minimum Gasteiger partial charge on any atom is -0.344 e. The number of aromatic nitrogens is 2. The van der Waals surface area contributed by atoms with E-state index >= 15 is 0 Å². The van der Waals surface area contributed by atoms with E-state index in [1.165, 1.54) is 6.42 Å². The molecule has 0 spiro atoms.